The van der Waals surface area contributed by atoms with Gasteiger partial charge < -0.3 is 63.8 Å². The van der Waals surface area contributed by atoms with Gasteiger partial charge in [-0.3, -0.25) is 9.59 Å². The largest absolute Gasteiger partial charge is 0.459 e. The second-order valence-corrected chi connectivity index (χ2v) is 26.8. The predicted molar refractivity (Wildman–Crippen MR) is 314 cm³/mol. The molecule has 0 saturated carbocycles. The normalized spacial score (nSPS) is 36.1. The van der Waals surface area contributed by atoms with Gasteiger partial charge in [-0.2, -0.15) is 0 Å². The van der Waals surface area contributed by atoms with Gasteiger partial charge in [-0.25, -0.2) is 0 Å². The summed E-state index contributed by atoms with van der Waals surface area (Å²) in [5, 5.41) is 64.4. The van der Waals surface area contributed by atoms with Crippen molar-refractivity contribution in [2.24, 2.45) is 17.8 Å². The Morgan fingerprint density at radius 1 is 0.762 bits per heavy atom. The highest BCUT2D eigenvalue weighted by Crippen LogP contribution is 2.41. The van der Waals surface area contributed by atoms with Gasteiger partial charge in [-0.1, -0.05) is 131 Å². The first-order valence-electron chi connectivity index (χ1n) is 29.6. The molecule has 3 heterocycles. The topological polar surface area (TPSA) is 197 Å². The number of likely N-dealkylation sites (N-methyl/N-ethyl adjacent to an activating group) is 1. The van der Waals surface area contributed by atoms with Crippen molar-refractivity contribution >= 4 is 35.7 Å². The molecule has 80 heavy (non-hydrogen) atoms. The Labute approximate surface area is 479 Å². The van der Waals surface area contributed by atoms with Crippen LogP contribution in [0.5, 0.6) is 0 Å². The van der Waals surface area contributed by atoms with Crippen molar-refractivity contribution in [2.45, 2.75) is 237 Å². The van der Waals surface area contributed by atoms with E-state index in [1.807, 2.05) is 32.8 Å². The van der Waals surface area contributed by atoms with Crippen molar-refractivity contribution in [2.75, 3.05) is 27.7 Å². The number of ether oxygens (including phenoxy) is 6. The lowest BCUT2D eigenvalue weighted by atomic mass is 9.77. The van der Waals surface area contributed by atoms with E-state index in [9.17, 15) is 35.1 Å². The summed E-state index contributed by atoms with van der Waals surface area (Å²) < 4.78 is 38.2. The number of aliphatic hydroxyl groups is 5. The van der Waals surface area contributed by atoms with Gasteiger partial charge in [0.15, 0.2) is 12.6 Å². The van der Waals surface area contributed by atoms with Crippen LogP contribution in [0.25, 0.3) is 0 Å². The number of benzene rings is 3. The van der Waals surface area contributed by atoms with Crippen LogP contribution >= 0.6 is 7.92 Å². The number of hydrogen-bond acceptors (Lipinski definition) is 14. The van der Waals surface area contributed by atoms with Crippen LogP contribution in [0.3, 0.4) is 0 Å². The zero-order chi connectivity index (χ0) is 58.7. The number of unbranched alkanes of at least 4 members (excludes halogenated alkanes) is 5. The zero-order valence-electron chi connectivity index (χ0n) is 50.3. The van der Waals surface area contributed by atoms with E-state index in [1.54, 1.807) is 53.4 Å². The van der Waals surface area contributed by atoms with Gasteiger partial charge in [0, 0.05) is 38.5 Å². The Kier molecular flexibility index (Phi) is 24.2. The van der Waals surface area contributed by atoms with Crippen LogP contribution < -0.4 is 15.9 Å². The Morgan fingerprint density at radius 2 is 1.34 bits per heavy atom. The molecule has 0 aromatic heterocycles. The molecule has 1 amide bonds. The van der Waals surface area contributed by atoms with Crippen molar-refractivity contribution in [3.05, 3.63) is 90.5 Å². The molecule has 15 nitrogen and oxygen atoms in total. The minimum Gasteiger partial charge on any atom is -0.459 e. The van der Waals surface area contributed by atoms with E-state index in [2.05, 4.69) is 84.9 Å². The van der Waals surface area contributed by atoms with Crippen LogP contribution in [-0.4, -0.2) is 165 Å². The molecule has 0 spiro atoms. The van der Waals surface area contributed by atoms with E-state index >= 15 is 0 Å². The number of hydrogen-bond donors (Lipinski definition) is 5. The third-order valence-electron chi connectivity index (χ3n) is 17.6. The van der Waals surface area contributed by atoms with Gasteiger partial charge in [0.25, 0.3) is 0 Å². The number of aliphatic hydroxyl groups excluding tert-OH is 3. The molecule has 5 N–H and O–H groups in total. The third kappa shape index (κ3) is 16.5. The first kappa shape index (κ1) is 65.7. The predicted octanol–water partition coefficient (Wildman–Crippen LogP) is 7.53. The molecular weight excluding hydrogens is 1040 g/mol. The van der Waals surface area contributed by atoms with Crippen molar-refractivity contribution in [3.63, 3.8) is 0 Å². The van der Waals surface area contributed by atoms with E-state index in [0.717, 1.165) is 38.5 Å². The number of amides is 1. The van der Waals surface area contributed by atoms with Crippen molar-refractivity contribution in [1.82, 2.24) is 9.80 Å². The van der Waals surface area contributed by atoms with E-state index in [1.165, 1.54) is 35.5 Å². The summed E-state index contributed by atoms with van der Waals surface area (Å²) in [4.78, 5) is 32.8. The fraction of sp³-hybridized carbons (Fsp3) is 0.688. The van der Waals surface area contributed by atoms with E-state index in [-0.39, 0.29) is 50.3 Å². The molecule has 3 aliphatic rings. The number of rotatable bonds is 19. The Hall–Kier alpha value is -3.41. The highest BCUT2D eigenvalue weighted by atomic mass is 31.1. The molecule has 3 fully saturated rings. The van der Waals surface area contributed by atoms with Gasteiger partial charge in [-0.05, 0) is 136 Å². The average Bonchev–Trinajstić information content (AvgIpc) is 3.42. The van der Waals surface area contributed by atoms with Gasteiger partial charge >= 0.3 is 5.97 Å². The fourth-order valence-electron chi connectivity index (χ4n) is 12.7. The molecule has 18 atom stereocenters. The lowest BCUT2D eigenvalue weighted by Gasteiger charge is -2.48. The average molecular weight is 1140 g/mol. The van der Waals surface area contributed by atoms with Crippen LogP contribution in [0.1, 0.15) is 145 Å². The lowest BCUT2D eigenvalue weighted by molar-refractivity contribution is -0.318. The number of methoxy groups -OCH3 is 1. The fourth-order valence-corrected chi connectivity index (χ4v) is 15.0. The SMILES string of the molecule is CC[C@H]1OC(=O)[C@H](C)[C@@H](O[C@H]2C[C@@](C)(OC)[C@@H](O)[C@H](C)O2)[C@H](C)[C@@H](O[C@@H]2O[C@H](C)C[C@H](N(C)C)[C@H]2O)[C@](C)(O)C[C@@H](C)CN(C(=O)CCCCCCCCc2ccc(P(c3ccccc3)c3ccccc3)cc2)[C@H](C)[C@@H](O)[C@]1(C)O. The molecular formula is C64H99N2O13P. The Balaban J connectivity index is 1.17. The van der Waals surface area contributed by atoms with Gasteiger partial charge in [0.2, 0.25) is 5.91 Å². The van der Waals surface area contributed by atoms with Gasteiger partial charge in [0.1, 0.15) is 30.0 Å². The standard InChI is InChI=1S/C64H99N2O13P/c1-14-52-64(10,73)57(69)45(6)66(53(67)32-26-18-16-15-17-21-27-47-33-35-50(36-34-47)80(48-28-22-19-23-29-48)49-30-24-20-25-31-49)40-41(2)38-62(8,72)59(79-61-55(68)51(65(11)12)37-42(3)75-61)43(4)56(44(5)60(71)77-52)78-54-39-63(9,74-13)58(70)46(7)76-54/h19-20,22-25,28-31,33-36,41-46,51-52,54-59,61,68-70,72-73H,14-18,21,26-27,32,37-40H2,1-13H3/t41-,42-,43+,44-,45-,46+,51+,52-,54+,55-,56+,57-,58+,59-,61+,62-,63-,64-/m1/s1. The monoisotopic (exact) mass is 1130 g/mol. The second kappa shape index (κ2) is 29.4. The number of carbonyl (C=O) groups excluding carboxylic acids is 2. The van der Waals surface area contributed by atoms with Crippen LogP contribution in [0.2, 0.25) is 0 Å². The van der Waals surface area contributed by atoms with E-state index < -0.39 is 110 Å². The molecule has 3 aliphatic heterocycles. The summed E-state index contributed by atoms with van der Waals surface area (Å²) in [6, 6.07) is 29.3. The van der Waals surface area contributed by atoms with Crippen LogP contribution in [-0.2, 0) is 44.4 Å². The quantitative estimate of drug-likeness (QED) is 0.0449. The minimum absolute atomic E-state index is 0.0708. The lowest BCUT2D eigenvalue weighted by Crippen LogP contribution is -2.60. The first-order valence-corrected chi connectivity index (χ1v) is 31.0. The molecule has 3 saturated heterocycles. The molecule has 448 valence electrons. The second-order valence-electron chi connectivity index (χ2n) is 24.6. The molecule has 6 rings (SSSR count). The van der Waals surface area contributed by atoms with Crippen molar-refractivity contribution in [3.8, 4) is 0 Å². The summed E-state index contributed by atoms with van der Waals surface area (Å²) in [6.07, 6.45) is -2.65. The summed E-state index contributed by atoms with van der Waals surface area (Å²) >= 11 is 0. The number of carbonyl (C=O) groups is 2. The van der Waals surface area contributed by atoms with Crippen molar-refractivity contribution < 1.29 is 63.5 Å². The molecule has 0 aliphatic carbocycles. The summed E-state index contributed by atoms with van der Waals surface area (Å²) in [5.74, 6) is -3.28. The summed E-state index contributed by atoms with van der Waals surface area (Å²) in [6.45, 7) is 17.4. The summed E-state index contributed by atoms with van der Waals surface area (Å²) in [5.41, 5.74) is -3.47. The van der Waals surface area contributed by atoms with Gasteiger partial charge in [-0.15, -0.1) is 0 Å². The molecule has 0 bridgehead atoms. The Morgan fingerprint density at radius 3 is 1.91 bits per heavy atom. The maximum atomic E-state index is 14.7. The number of nitrogens with zero attached hydrogens (tertiary/aromatic N) is 2. The molecule has 3 aromatic carbocycles. The van der Waals surface area contributed by atoms with Gasteiger partial charge in [0.05, 0.1) is 47.6 Å². The molecule has 0 unspecified atom stereocenters. The number of cyclic esters (lactones) is 1. The van der Waals surface area contributed by atoms with Crippen molar-refractivity contribution in [1.29, 1.82) is 0 Å². The smallest absolute Gasteiger partial charge is 0.311 e. The van der Waals surface area contributed by atoms with Crippen LogP contribution in [0.4, 0.5) is 0 Å². The first-order chi connectivity index (χ1) is 37.8. The maximum Gasteiger partial charge on any atom is 0.311 e. The molecule has 16 heteroatoms. The summed E-state index contributed by atoms with van der Waals surface area (Å²) in [7, 11) is 4.61. The minimum atomic E-state index is -2.01. The highest BCUT2D eigenvalue weighted by molar-refractivity contribution is 7.79. The zero-order valence-corrected chi connectivity index (χ0v) is 51.2. The van der Waals surface area contributed by atoms with E-state index in [4.69, 9.17) is 28.4 Å². The molecule has 0 radical (unpaired) electrons. The third-order valence-corrected chi connectivity index (χ3v) is 20.0. The maximum absolute atomic E-state index is 14.7. The van der Waals surface area contributed by atoms with E-state index in [0.29, 0.717) is 12.8 Å². The highest BCUT2D eigenvalue weighted by Gasteiger charge is 2.53. The Bertz CT molecular complexity index is 2310. The number of esters is 1. The van der Waals surface area contributed by atoms with Crippen LogP contribution in [0.15, 0.2) is 84.9 Å². The van der Waals surface area contributed by atoms with Crippen LogP contribution in [0, 0.1) is 17.8 Å². The number of aryl methyl sites for hydroxylation is 1. The molecule has 3 aromatic rings.